The minimum Gasteiger partial charge on any atom is -0.457 e. The summed E-state index contributed by atoms with van der Waals surface area (Å²) in [6.45, 7) is 5.07. The highest BCUT2D eigenvalue weighted by molar-refractivity contribution is 5.42. The van der Waals surface area contributed by atoms with Crippen molar-refractivity contribution in [3.05, 3.63) is 59.2 Å². The summed E-state index contributed by atoms with van der Waals surface area (Å²) in [7, 11) is 1.95. The first-order valence-corrected chi connectivity index (χ1v) is 6.74. The van der Waals surface area contributed by atoms with Crippen LogP contribution in [0.4, 0.5) is 0 Å². The Morgan fingerprint density at radius 1 is 1.05 bits per heavy atom. The molecule has 0 bridgehead atoms. The fraction of sp³-hybridized carbons (Fsp3) is 0.294. The Morgan fingerprint density at radius 2 is 1.84 bits per heavy atom. The number of benzene rings is 2. The lowest BCUT2D eigenvalue weighted by atomic mass is 10.1. The fourth-order valence-corrected chi connectivity index (χ4v) is 2.08. The van der Waals surface area contributed by atoms with E-state index in [2.05, 4.69) is 49.5 Å². The predicted molar refractivity (Wildman–Crippen MR) is 79.8 cm³/mol. The second-order valence-corrected chi connectivity index (χ2v) is 4.69. The summed E-state index contributed by atoms with van der Waals surface area (Å²) < 4.78 is 6.09. The van der Waals surface area contributed by atoms with Crippen LogP contribution in [-0.4, -0.2) is 7.05 Å². The van der Waals surface area contributed by atoms with Crippen LogP contribution in [0.2, 0.25) is 0 Å². The molecular weight excluding hydrogens is 234 g/mol. The van der Waals surface area contributed by atoms with Gasteiger partial charge in [0.05, 0.1) is 0 Å². The topological polar surface area (TPSA) is 21.3 Å². The van der Waals surface area contributed by atoms with Crippen LogP contribution in [0.5, 0.6) is 11.5 Å². The van der Waals surface area contributed by atoms with Crippen LogP contribution < -0.4 is 10.1 Å². The summed E-state index contributed by atoms with van der Waals surface area (Å²) in [5.41, 5.74) is 3.63. The molecule has 0 amide bonds. The van der Waals surface area contributed by atoms with Crippen molar-refractivity contribution in [1.82, 2.24) is 5.32 Å². The van der Waals surface area contributed by atoms with Crippen LogP contribution >= 0.6 is 0 Å². The molecule has 0 aromatic heterocycles. The van der Waals surface area contributed by atoms with E-state index in [0.717, 1.165) is 30.0 Å². The van der Waals surface area contributed by atoms with E-state index < -0.39 is 0 Å². The number of hydrogen-bond donors (Lipinski definition) is 1. The molecular formula is C17H21NO. The van der Waals surface area contributed by atoms with Crippen LogP contribution in [0.1, 0.15) is 23.6 Å². The third kappa shape index (κ3) is 3.36. The van der Waals surface area contributed by atoms with Crippen molar-refractivity contribution in [2.45, 2.75) is 26.8 Å². The summed E-state index contributed by atoms with van der Waals surface area (Å²) >= 11 is 0. The Hall–Kier alpha value is -1.80. The molecule has 0 saturated carbocycles. The zero-order valence-electron chi connectivity index (χ0n) is 11.9. The molecule has 100 valence electrons. The van der Waals surface area contributed by atoms with E-state index in [1.807, 2.05) is 19.2 Å². The number of hydrogen-bond acceptors (Lipinski definition) is 2. The summed E-state index contributed by atoms with van der Waals surface area (Å²) in [5, 5.41) is 3.16. The largest absolute Gasteiger partial charge is 0.457 e. The fourth-order valence-electron chi connectivity index (χ4n) is 2.08. The van der Waals surface area contributed by atoms with Gasteiger partial charge in [0.1, 0.15) is 11.5 Å². The van der Waals surface area contributed by atoms with Crippen molar-refractivity contribution >= 4 is 0 Å². The molecule has 0 heterocycles. The van der Waals surface area contributed by atoms with E-state index in [1.54, 1.807) is 0 Å². The monoisotopic (exact) mass is 255 g/mol. The number of ether oxygens (including phenoxy) is 1. The van der Waals surface area contributed by atoms with Crippen molar-refractivity contribution in [3.8, 4) is 11.5 Å². The van der Waals surface area contributed by atoms with Crippen LogP contribution in [0.15, 0.2) is 42.5 Å². The van der Waals surface area contributed by atoms with Crippen LogP contribution in [-0.2, 0) is 13.0 Å². The number of rotatable bonds is 5. The third-order valence-corrected chi connectivity index (χ3v) is 3.21. The first kappa shape index (κ1) is 13.6. The van der Waals surface area contributed by atoms with Gasteiger partial charge in [0.25, 0.3) is 0 Å². The van der Waals surface area contributed by atoms with Crippen LogP contribution in [0.25, 0.3) is 0 Å². The molecule has 0 saturated heterocycles. The minimum atomic E-state index is 0.853. The lowest BCUT2D eigenvalue weighted by Crippen LogP contribution is -2.05. The molecule has 2 rings (SSSR count). The molecule has 2 aromatic carbocycles. The Kier molecular flexibility index (Phi) is 4.58. The van der Waals surface area contributed by atoms with Crippen LogP contribution in [0, 0.1) is 6.92 Å². The summed E-state index contributed by atoms with van der Waals surface area (Å²) in [6.07, 6.45) is 0.978. The second kappa shape index (κ2) is 6.39. The maximum Gasteiger partial charge on any atom is 0.130 e. The van der Waals surface area contributed by atoms with E-state index in [1.165, 1.54) is 11.1 Å². The number of aryl methyl sites for hydroxylation is 2. The Balaban J connectivity index is 2.29. The Labute approximate surface area is 115 Å². The maximum atomic E-state index is 6.09. The van der Waals surface area contributed by atoms with Crippen LogP contribution in [0.3, 0.4) is 0 Å². The lowest BCUT2D eigenvalue weighted by molar-refractivity contribution is 0.472. The first-order chi connectivity index (χ1) is 9.24. The van der Waals surface area contributed by atoms with Gasteiger partial charge >= 0.3 is 0 Å². The van der Waals surface area contributed by atoms with Gasteiger partial charge in [0, 0.05) is 6.54 Å². The van der Waals surface area contributed by atoms with Gasteiger partial charge in [0.15, 0.2) is 0 Å². The van der Waals surface area contributed by atoms with E-state index in [-0.39, 0.29) is 0 Å². The molecule has 0 aliphatic carbocycles. The summed E-state index contributed by atoms with van der Waals surface area (Å²) in [4.78, 5) is 0. The minimum absolute atomic E-state index is 0.853. The van der Waals surface area contributed by atoms with Crippen molar-refractivity contribution < 1.29 is 4.74 Å². The summed E-state index contributed by atoms with van der Waals surface area (Å²) in [5.74, 6) is 1.89. The summed E-state index contributed by atoms with van der Waals surface area (Å²) in [6, 6.07) is 14.6. The van der Waals surface area contributed by atoms with Gasteiger partial charge < -0.3 is 10.1 Å². The molecule has 1 N–H and O–H groups in total. The highest BCUT2D eigenvalue weighted by atomic mass is 16.5. The van der Waals surface area contributed by atoms with Gasteiger partial charge in [-0.15, -0.1) is 0 Å². The molecule has 2 aromatic rings. The highest BCUT2D eigenvalue weighted by Gasteiger charge is 2.06. The van der Waals surface area contributed by atoms with Crippen molar-refractivity contribution in [1.29, 1.82) is 0 Å². The van der Waals surface area contributed by atoms with Gasteiger partial charge in [-0.25, -0.2) is 0 Å². The predicted octanol–water partition coefficient (Wildman–Crippen LogP) is 4.07. The molecule has 0 aliphatic heterocycles. The van der Waals surface area contributed by atoms with E-state index in [9.17, 15) is 0 Å². The normalized spacial score (nSPS) is 10.5. The van der Waals surface area contributed by atoms with E-state index in [0.29, 0.717) is 0 Å². The maximum absolute atomic E-state index is 6.09. The average Bonchev–Trinajstić information content (AvgIpc) is 2.43. The zero-order valence-corrected chi connectivity index (χ0v) is 11.9. The number of para-hydroxylation sites is 1. The molecule has 2 nitrogen and oxygen atoms in total. The van der Waals surface area contributed by atoms with Gasteiger partial charge in [-0.05, 0) is 49.2 Å². The highest BCUT2D eigenvalue weighted by Crippen LogP contribution is 2.29. The van der Waals surface area contributed by atoms with Gasteiger partial charge in [0.2, 0.25) is 0 Å². The molecule has 2 heteroatoms. The second-order valence-electron chi connectivity index (χ2n) is 4.69. The van der Waals surface area contributed by atoms with Gasteiger partial charge in [-0.3, -0.25) is 0 Å². The van der Waals surface area contributed by atoms with Crippen molar-refractivity contribution in [2.75, 3.05) is 7.05 Å². The SMILES string of the molecule is CCc1ccccc1Oc1cc(CNC)ccc1C. The van der Waals surface area contributed by atoms with Gasteiger partial charge in [-0.2, -0.15) is 0 Å². The quantitative estimate of drug-likeness (QED) is 0.869. The van der Waals surface area contributed by atoms with E-state index >= 15 is 0 Å². The van der Waals surface area contributed by atoms with E-state index in [4.69, 9.17) is 4.74 Å². The molecule has 0 aliphatic rings. The molecule has 19 heavy (non-hydrogen) atoms. The van der Waals surface area contributed by atoms with Crippen molar-refractivity contribution in [2.24, 2.45) is 0 Å². The Bertz CT molecular complexity index is 549. The number of nitrogens with one attached hydrogen (secondary N) is 1. The molecule has 0 fully saturated rings. The smallest absolute Gasteiger partial charge is 0.130 e. The third-order valence-electron chi connectivity index (χ3n) is 3.21. The molecule has 0 unspecified atom stereocenters. The molecule has 0 spiro atoms. The lowest BCUT2D eigenvalue weighted by Gasteiger charge is -2.13. The van der Waals surface area contributed by atoms with Gasteiger partial charge in [-0.1, -0.05) is 37.3 Å². The zero-order chi connectivity index (χ0) is 13.7. The molecule has 0 atom stereocenters. The first-order valence-electron chi connectivity index (χ1n) is 6.74. The average molecular weight is 255 g/mol. The molecule has 0 radical (unpaired) electrons. The standard InChI is InChI=1S/C17H21NO/c1-4-15-7-5-6-8-16(15)19-17-11-14(12-18-3)10-9-13(17)2/h5-11,18H,4,12H2,1-3H3. The Morgan fingerprint density at radius 3 is 2.58 bits per heavy atom. The van der Waals surface area contributed by atoms with Crippen molar-refractivity contribution in [3.63, 3.8) is 0 Å².